The Morgan fingerprint density at radius 3 is 2.33 bits per heavy atom. The predicted octanol–water partition coefficient (Wildman–Crippen LogP) is 8.50. The highest BCUT2D eigenvalue weighted by Crippen LogP contribution is 2.37. The number of hydrogen-bond acceptors (Lipinski definition) is 5. The summed E-state index contributed by atoms with van der Waals surface area (Å²) in [5, 5.41) is 19.1. The highest BCUT2D eigenvalue weighted by atomic mass is 35.5. The first-order chi connectivity index (χ1) is 21.8. The molecule has 0 aliphatic heterocycles. The van der Waals surface area contributed by atoms with Crippen LogP contribution in [0.15, 0.2) is 82.7 Å². The summed E-state index contributed by atoms with van der Waals surface area (Å²) in [5.74, 6) is 0.445. The Morgan fingerprint density at radius 2 is 1.70 bits per heavy atom. The third-order valence-electron chi connectivity index (χ3n) is 7.38. The van der Waals surface area contributed by atoms with Gasteiger partial charge in [0.2, 0.25) is 5.96 Å². The van der Waals surface area contributed by atoms with Gasteiger partial charge in [-0.25, -0.2) is 0 Å². The number of ketones is 1. The van der Waals surface area contributed by atoms with E-state index in [0.29, 0.717) is 42.5 Å². The van der Waals surface area contributed by atoms with Gasteiger partial charge >= 0.3 is 0 Å². The standard InChI is InChI=1S/C36H41ClN6O2S/c1-35(2,3)20-31(44)32-28-18-27(46-34(45)42-26-10-8-7-9-11-26)16-17-29(28)43(21-24-12-14-25(37)15-13-24)30(32)19-36(4,5)22-40-33(39-6)41-23-38/h7-18H,19-22H2,1-6H3,(H,42,45)(H2,39,40,41). The number of nitrogens with one attached hydrogen (secondary N) is 3. The molecule has 10 heteroatoms. The van der Waals surface area contributed by atoms with E-state index < -0.39 is 0 Å². The molecule has 46 heavy (non-hydrogen) atoms. The van der Waals surface area contributed by atoms with Crippen LogP contribution in [0.4, 0.5) is 10.5 Å². The van der Waals surface area contributed by atoms with E-state index in [1.165, 1.54) is 0 Å². The van der Waals surface area contributed by atoms with Crippen LogP contribution >= 0.6 is 23.4 Å². The van der Waals surface area contributed by atoms with Crippen molar-refractivity contribution in [2.24, 2.45) is 15.8 Å². The van der Waals surface area contributed by atoms with Gasteiger partial charge in [-0.3, -0.25) is 19.9 Å². The summed E-state index contributed by atoms with van der Waals surface area (Å²) in [5.41, 5.74) is 3.71. The van der Waals surface area contributed by atoms with Crippen LogP contribution in [0.1, 0.15) is 62.7 Å². The molecule has 3 aromatic carbocycles. The number of benzene rings is 3. The summed E-state index contributed by atoms with van der Waals surface area (Å²) < 4.78 is 2.22. The van der Waals surface area contributed by atoms with Gasteiger partial charge in [-0.1, -0.05) is 76.6 Å². The molecule has 4 aromatic rings. The van der Waals surface area contributed by atoms with Gasteiger partial charge < -0.3 is 15.2 Å². The number of nitriles is 1. The molecular formula is C36H41ClN6O2S. The lowest BCUT2D eigenvalue weighted by Gasteiger charge is -2.27. The number of anilines is 1. The number of amides is 1. The van der Waals surface area contributed by atoms with Gasteiger partial charge in [-0.05, 0) is 77.0 Å². The van der Waals surface area contributed by atoms with Crippen molar-refractivity contribution < 1.29 is 9.59 Å². The first kappa shape index (κ1) is 34.6. The molecular weight excluding hydrogens is 616 g/mol. The van der Waals surface area contributed by atoms with Crippen LogP contribution in [0.5, 0.6) is 0 Å². The minimum Gasteiger partial charge on any atom is -0.355 e. The minimum absolute atomic E-state index is 0.0592. The van der Waals surface area contributed by atoms with E-state index >= 15 is 0 Å². The van der Waals surface area contributed by atoms with Crippen molar-refractivity contribution in [2.45, 2.75) is 58.9 Å². The van der Waals surface area contributed by atoms with Gasteiger partial charge in [0.25, 0.3) is 5.24 Å². The van der Waals surface area contributed by atoms with E-state index in [0.717, 1.165) is 44.5 Å². The SMILES string of the molecule is CN=C(NC#N)NCC(C)(C)Cc1c(C(=O)CC(C)(C)C)c2cc(SC(=O)Nc3ccccc3)ccc2n1Cc1ccc(Cl)cc1. The van der Waals surface area contributed by atoms with Crippen LogP contribution < -0.4 is 16.0 Å². The summed E-state index contributed by atoms with van der Waals surface area (Å²) in [7, 11) is 1.61. The van der Waals surface area contributed by atoms with E-state index in [4.69, 9.17) is 16.9 Å². The lowest BCUT2D eigenvalue weighted by atomic mass is 9.83. The smallest absolute Gasteiger partial charge is 0.288 e. The molecule has 0 aliphatic carbocycles. The average Bonchev–Trinajstić information content (AvgIpc) is 3.27. The predicted molar refractivity (Wildman–Crippen MR) is 190 cm³/mol. The second-order valence-corrected chi connectivity index (χ2v) is 14.7. The molecule has 0 aliphatic rings. The molecule has 0 radical (unpaired) electrons. The van der Waals surface area contributed by atoms with E-state index in [9.17, 15) is 9.59 Å². The van der Waals surface area contributed by atoms with Gasteiger partial charge in [0.1, 0.15) is 0 Å². The van der Waals surface area contributed by atoms with Crippen LogP contribution in [-0.2, 0) is 13.0 Å². The lowest BCUT2D eigenvalue weighted by Crippen LogP contribution is -2.41. The fraction of sp³-hybridized carbons (Fsp3) is 0.333. The molecule has 1 heterocycles. The number of aliphatic imine (C=N–C) groups is 1. The second-order valence-electron chi connectivity index (χ2n) is 13.3. The lowest BCUT2D eigenvalue weighted by molar-refractivity contribution is 0.0939. The van der Waals surface area contributed by atoms with Crippen molar-refractivity contribution in [3.05, 3.63) is 94.6 Å². The number of rotatable bonds is 10. The number of thioether (sulfide) groups is 1. The topological polar surface area (TPSA) is 111 Å². The van der Waals surface area contributed by atoms with E-state index in [2.05, 4.69) is 60.1 Å². The molecule has 0 saturated heterocycles. The number of nitrogens with zero attached hydrogens (tertiary/aromatic N) is 3. The van der Waals surface area contributed by atoms with Crippen molar-refractivity contribution in [3.8, 4) is 6.19 Å². The number of hydrogen-bond donors (Lipinski definition) is 3. The molecule has 240 valence electrons. The Balaban J connectivity index is 1.83. The number of Topliss-reactive ketones (excluding diaryl/α,β-unsaturated/α-hetero) is 1. The molecule has 1 aromatic heterocycles. The summed E-state index contributed by atoms with van der Waals surface area (Å²) in [6.45, 7) is 11.5. The number of guanidine groups is 1. The maximum atomic E-state index is 14.3. The first-order valence-corrected chi connectivity index (χ1v) is 16.3. The fourth-order valence-electron chi connectivity index (χ4n) is 5.31. The zero-order valence-electron chi connectivity index (χ0n) is 27.2. The molecule has 8 nitrogen and oxygen atoms in total. The summed E-state index contributed by atoms with van der Waals surface area (Å²) in [6.07, 6.45) is 2.84. The third-order valence-corrected chi connectivity index (χ3v) is 8.40. The van der Waals surface area contributed by atoms with Crippen LogP contribution in [0.3, 0.4) is 0 Å². The van der Waals surface area contributed by atoms with Crippen LogP contribution in [0, 0.1) is 22.3 Å². The Bertz CT molecular complexity index is 1770. The molecule has 0 atom stereocenters. The number of para-hydroxylation sites is 1. The molecule has 4 rings (SSSR count). The third kappa shape index (κ3) is 9.38. The van der Waals surface area contributed by atoms with Crippen LogP contribution in [0.2, 0.25) is 5.02 Å². The van der Waals surface area contributed by atoms with Crippen molar-refractivity contribution in [3.63, 3.8) is 0 Å². The van der Waals surface area contributed by atoms with Crippen molar-refractivity contribution >= 4 is 56.9 Å². The van der Waals surface area contributed by atoms with Crippen molar-refractivity contribution in [1.29, 1.82) is 5.26 Å². The van der Waals surface area contributed by atoms with E-state index in [-0.39, 0.29) is 21.9 Å². The summed E-state index contributed by atoms with van der Waals surface area (Å²) in [4.78, 5) is 32.1. The maximum Gasteiger partial charge on any atom is 0.288 e. The van der Waals surface area contributed by atoms with Gasteiger partial charge in [0.05, 0.1) is 0 Å². The van der Waals surface area contributed by atoms with Crippen LogP contribution in [0.25, 0.3) is 10.9 Å². The quantitative estimate of drug-likeness (QED) is 0.0394. The average molecular weight is 657 g/mol. The largest absolute Gasteiger partial charge is 0.355 e. The van der Waals surface area contributed by atoms with Crippen molar-refractivity contribution in [2.75, 3.05) is 18.9 Å². The number of halogens is 1. The Labute approximate surface area is 280 Å². The molecule has 0 unspecified atom stereocenters. The molecule has 0 saturated carbocycles. The highest BCUT2D eigenvalue weighted by molar-refractivity contribution is 8.14. The molecule has 0 spiro atoms. The van der Waals surface area contributed by atoms with Gasteiger partial charge in [-0.2, -0.15) is 5.26 Å². The van der Waals surface area contributed by atoms with E-state index in [1.54, 1.807) is 7.05 Å². The Morgan fingerprint density at radius 1 is 1.00 bits per heavy atom. The number of carbonyl (C=O) groups is 2. The monoisotopic (exact) mass is 656 g/mol. The molecule has 3 N–H and O–H groups in total. The van der Waals surface area contributed by atoms with Crippen molar-refractivity contribution in [1.82, 2.24) is 15.2 Å². The zero-order chi connectivity index (χ0) is 33.5. The molecule has 0 fully saturated rings. The van der Waals surface area contributed by atoms with Gasteiger partial charge in [0, 0.05) is 64.3 Å². The first-order valence-electron chi connectivity index (χ1n) is 15.1. The minimum atomic E-state index is -0.344. The Kier molecular flexibility index (Phi) is 11.2. The zero-order valence-corrected chi connectivity index (χ0v) is 28.8. The summed E-state index contributed by atoms with van der Waals surface area (Å²) in [6, 6.07) is 23.0. The van der Waals surface area contributed by atoms with Gasteiger partial charge in [-0.15, -0.1) is 0 Å². The maximum absolute atomic E-state index is 14.3. The van der Waals surface area contributed by atoms with E-state index in [1.807, 2.05) is 79.0 Å². The number of aromatic nitrogens is 1. The second kappa shape index (κ2) is 14.9. The van der Waals surface area contributed by atoms with Gasteiger partial charge in [0.15, 0.2) is 12.0 Å². The Hall–Kier alpha value is -4.26. The molecule has 1 amide bonds. The van der Waals surface area contributed by atoms with Crippen LogP contribution in [-0.4, -0.2) is 35.1 Å². The summed E-state index contributed by atoms with van der Waals surface area (Å²) >= 11 is 7.31. The fourth-order valence-corrected chi connectivity index (χ4v) is 6.13. The highest BCUT2D eigenvalue weighted by Gasteiger charge is 2.30. The number of carbonyl (C=O) groups excluding carboxylic acids is 2. The molecule has 0 bridgehead atoms. The number of fused-ring (bicyclic) bond motifs is 1. The normalized spacial score (nSPS) is 12.1.